The van der Waals surface area contributed by atoms with Gasteiger partial charge in [0.25, 0.3) is 0 Å². The van der Waals surface area contributed by atoms with Gasteiger partial charge in [-0.2, -0.15) is 0 Å². The molecule has 1 unspecified atom stereocenters. The minimum absolute atomic E-state index is 0.180. The molecule has 1 aromatic carbocycles. The first-order valence-corrected chi connectivity index (χ1v) is 5.94. The third kappa shape index (κ3) is 3.26. The topological polar surface area (TPSA) is 65.6 Å². The lowest BCUT2D eigenvalue weighted by Crippen LogP contribution is -2.20. The number of hydrogen-bond acceptors (Lipinski definition) is 4. The number of halogens is 1. The van der Waals surface area contributed by atoms with Crippen molar-refractivity contribution in [3.05, 3.63) is 52.9 Å². The molecule has 2 rings (SSSR count). The third-order valence-electron chi connectivity index (χ3n) is 2.57. The van der Waals surface area contributed by atoms with Gasteiger partial charge in [0.05, 0.1) is 6.26 Å². The summed E-state index contributed by atoms with van der Waals surface area (Å²) in [5.41, 5.74) is 0.689. The number of hydrogen-bond donors (Lipinski definition) is 3. The van der Waals surface area contributed by atoms with Crippen LogP contribution >= 0.6 is 11.6 Å². The Morgan fingerprint density at radius 2 is 2.17 bits per heavy atom. The van der Waals surface area contributed by atoms with E-state index in [4.69, 9.17) is 16.0 Å². The van der Waals surface area contributed by atoms with Crippen molar-refractivity contribution in [1.29, 1.82) is 0 Å². The average Bonchev–Trinajstić information content (AvgIpc) is 2.87. The second-order valence-corrected chi connectivity index (χ2v) is 4.37. The van der Waals surface area contributed by atoms with Crippen LogP contribution in [0, 0.1) is 0 Å². The monoisotopic (exact) mass is 267 g/mol. The Bertz CT molecular complexity index is 499. The standard InChI is InChI=1S/C13H14ClNO3/c14-10-3-4-11(16)9(6-10)7-15-8-12(17)13-2-1-5-18-13/h1-6,12,15-17H,7-8H2. The average molecular weight is 268 g/mol. The van der Waals surface area contributed by atoms with E-state index in [1.54, 1.807) is 30.3 Å². The van der Waals surface area contributed by atoms with E-state index >= 15 is 0 Å². The van der Waals surface area contributed by atoms with Crippen LogP contribution in [0.4, 0.5) is 0 Å². The van der Waals surface area contributed by atoms with Crippen molar-refractivity contribution in [3.8, 4) is 5.75 Å². The van der Waals surface area contributed by atoms with Gasteiger partial charge in [-0.1, -0.05) is 11.6 Å². The van der Waals surface area contributed by atoms with E-state index in [-0.39, 0.29) is 5.75 Å². The van der Waals surface area contributed by atoms with E-state index in [2.05, 4.69) is 5.32 Å². The van der Waals surface area contributed by atoms with Crippen LogP contribution in [-0.4, -0.2) is 16.8 Å². The molecule has 0 radical (unpaired) electrons. The molecule has 0 aliphatic carbocycles. The molecule has 1 aromatic heterocycles. The molecular weight excluding hydrogens is 254 g/mol. The van der Waals surface area contributed by atoms with Gasteiger partial charge in [-0.05, 0) is 30.3 Å². The normalized spacial score (nSPS) is 12.6. The highest BCUT2D eigenvalue weighted by molar-refractivity contribution is 6.30. The quantitative estimate of drug-likeness (QED) is 0.779. The van der Waals surface area contributed by atoms with Crippen molar-refractivity contribution in [2.24, 2.45) is 0 Å². The lowest BCUT2D eigenvalue weighted by Gasteiger charge is -2.10. The second-order valence-electron chi connectivity index (χ2n) is 3.94. The third-order valence-corrected chi connectivity index (χ3v) is 2.80. The molecule has 2 aromatic rings. The van der Waals surface area contributed by atoms with Crippen molar-refractivity contribution in [2.75, 3.05) is 6.54 Å². The molecule has 4 nitrogen and oxygen atoms in total. The molecule has 0 saturated carbocycles. The van der Waals surface area contributed by atoms with Crippen molar-refractivity contribution in [3.63, 3.8) is 0 Å². The molecule has 3 N–H and O–H groups in total. The van der Waals surface area contributed by atoms with Crippen LogP contribution < -0.4 is 5.32 Å². The summed E-state index contributed by atoms with van der Waals surface area (Å²) in [5, 5.41) is 23.0. The number of aliphatic hydroxyl groups excluding tert-OH is 1. The number of phenolic OH excluding ortho intramolecular Hbond substituents is 1. The summed E-state index contributed by atoms with van der Waals surface area (Å²) < 4.78 is 5.08. The molecule has 1 atom stereocenters. The maximum absolute atomic E-state index is 9.77. The summed E-state index contributed by atoms with van der Waals surface area (Å²) in [6, 6.07) is 8.29. The number of aliphatic hydroxyl groups is 1. The van der Waals surface area contributed by atoms with Crippen LogP contribution in [0.2, 0.25) is 5.02 Å². The van der Waals surface area contributed by atoms with Gasteiger partial charge in [0, 0.05) is 23.7 Å². The van der Waals surface area contributed by atoms with Gasteiger partial charge in [0.1, 0.15) is 17.6 Å². The summed E-state index contributed by atoms with van der Waals surface area (Å²) in [7, 11) is 0. The highest BCUT2D eigenvalue weighted by Crippen LogP contribution is 2.21. The van der Waals surface area contributed by atoms with Gasteiger partial charge in [-0.3, -0.25) is 0 Å². The molecule has 0 amide bonds. The van der Waals surface area contributed by atoms with Gasteiger partial charge in [-0.15, -0.1) is 0 Å². The Balaban J connectivity index is 1.87. The van der Waals surface area contributed by atoms with Crippen molar-refractivity contribution in [1.82, 2.24) is 5.32 Å². The Kier molecular flexibility index (Phi) is 4.25. The molecule has 0 spiro atoms. The fourth-order valence-corrected chi connectivity index (χ4v) is 1.82. The van der Waals surface area contributed by atoms with Crippen LogP contribution in [0.3, 0.4) is 0 Å². The molecular formula is C13H14ClNO3. The zero-order valence-electron chi connectivity index (χ0n) is 9.64. The number of furan rings is 1. The van der Waals surface area contributed by atoms with Gasteiger partial charge in [-0.25, -0.2) is 0 Å². The van der Waals surface area contributed by atoms with Crippen molar-refractivity contribution >= 4 is 11.6 Å². The molecule has 1 heterocycles. The SMILES string of the molecule is Oc1ccc(Cl)cc1CNCC(O)c1ccco1. The molecule has 0 saturated heterocycles. The van der Waals surface area contributed by atoms with E-state index < -0.39 is 6.10 Å². The number of benzene rings is 1. The number of rotatable bonds is 5. The highest BCUT2D eigenvalue weighted by Gasteiger charge is 2.10. The summed E-state index contributed by atoms with van der Waals surface area (Å²) in [5.74, 6) is 0.692. The van der Waals surface area contributed by atoms with Gasteiger partial charge in [0.2, 0.25) is 0 Å². The number of phenols is 1. The van der Waals surface area contributed by atoms with Crippen LogP contribution in [0.25, 0.3) is 0 Å². The molecule has 0 aliphatic rings. The largest absolute Gasteiger partial charge is 0.508 e. The maximum Gasteiger partial charge on any atom is 0.133 e. The minimum Gasteiger partial charge on any atom is -0.508 e. The lowest BCUT2D eigenvalue weighted by atomic mass is 10.2. The fourth-order valence-electron chi connectivity index (χ4n) is 1.62. The molecule has 0 aliphatic heterocycles. The Morgan fingerprint density at radius 3 is 2.89 bits per heavy atom. The van der Waals surface area contributed by atoms with Gasteiger partial charge < -0.3 is 19.9 Å². The molecule has 18 heavy (non-hydrogen) atoms. The maximum atomic E-state index is 9.77. The zero-order chi connectivity index (χ0) is 13.0. The van der Waals surface area contributed by atoms with Gasteiger partial charge >= 0.3 is 0 Å². The Labute approximate surface area is 110 Å². The molecule has 96 valence electrons. The molecule has 5 heteroatoms. The Hall–Kier alpha value is -1.49. The highest BCUT2D eigenvalue weighted by atomic mass is 35.5. The lowest BCUT2D eigenvalue weighted by molar-refractivity contribution is 0.147. The van der Waals surface area contributed by atoms with Crippen LogP contribution in [0.5, 0.6) is 5.75 Å². The Morgan fingerprint density at radius 1 is 1.33 bits per heavy atom. The summed E-state index contributed by atoms with van der Waals surface area (Å²) >= 11 is 5.84. The van der Waals surface area contributed by atoms with E-state index in [0.717, 1.165) is 0 Å². The van der Waals surface area contributed by atoms with E-state index in [9.17, 15) is 10.2 Å². The summed E-state index contributed by atoms with van der Waals surface area (Å²) in [4.78, 5) is 0. The molecule has 0 fully saturated rings. The zero-order valence-corrected chi connectivity index (χ0v) is 10.4. The summed E-state index contributed by atoms with van der Waals surface area (Å²) in [6.45, 7) is 0.754. The van der Waals surface area contributed by atoms with Gasteiger partial charge in [0.15, 0.2) is 0 Å². The smallest absolute Gasteiger partial charge is 0.133 e. The summed E-state index contributed by atoms with van der Waals surface area (Å²) in [6.07, 6.45) is 0.808. The van der Waals surface area contributed by atoms with E-state index in [1.165, 1.54) is 6.26 Å². The predicted molar refractivity (Wildman–Crippen MR) is 68.5 cm³/mol. The first-order valence-electron chi connectivity index (χ1n) is 5.56. The second kappa shape index (κ2) is 5.91. The molecule has 0 bridgehead atoms. The van der Waals surface area contributed by atoms with Crippen LogP contribution in [-0.2, 0) is 6.54 Å². The minimum atomic E-state index is -0.707. The number of aromatic hydroxyl groups is 1. The fraction of sp³-hybridized carbons (Fsp3) is 0.231. The first kappa shape index (κ1) is 13.0. The van der Waals surface area contributed by atoms with Crippen LogP contribution in [0.1, 0.15) is 17.4 Å². The van der Waals surface area contributed by atoms with Crippen LogP contribution in [0.15, 0.2) is 41.0 Å². The van der Waals surface area contributed by atoms with Crippen molar-refractivity contribution in [2.45, 2.75) is 12.6 Å². The first-order chi connectivity index (χ1) is 8.66. The van der Waals surface area contributed by atoms with Crippen molar-refractivity contribution < 1.29 is 14.6 Å². The predicted octanol–water partition coefficient (Wildman–Crippen LogP) is 2.46. The van der Waals surface area contributed by atoms with E-state index in [0.29, 0.717) is 29.4 Å². The van der Waals surface area contributed by atoms with E-state index in [1.807, 2.05) is 0 Å². The number of nitrogens with one attached hydrogen (secondary N) is 1.